The average Bonchev–Trinajstić information content (AvgIpc) is 2.64. The smallest absolute Gasteiger partial charge is 0.0642 e. The van der Waals surface area contributed by atoms with E-state index in [1.807, 2.05) is 0 Å². The zero-order chi connectivity index (χ0) is 17.2. The van der Waals surface area contributed by atoms with Crippen LogP contribution in [0, 0.1) is 11.8 Å². The lowest BCUT2D eigenvalue weighted by molar-refractivity contribution is 0.0467. The molecule has 1 fully saturated rings. The van der Waals surface area contributed by atoms with E-state index in [0.717, 1.165) is 32.7 Å². The molecule has 0 spiro atoms. The van der Waals surface area contributed by atoms with E-state index in [4.69, 9.17) is 4.74 Å². The van der Waals surface area contributed by atoms with Crippen molar-refractivity contribution in [3.63, 3.8) is 0 Å². The fourth-order valence-corrected chi connectivity index (χ4v) is 4.73. The number of nitrogens with zero attached hydrogens (tertiary/aromatic N) is 1. The van der Waals surface area contributed by atoms with E-state index >= 15 is 0 Å². The van der Waals surface area contributed by atoms with Crippen LogP contribution < -0.4 is 0 Å². The summed E-state index contributed by atoms with van der Waals surface area (Å²) in [4.78, 5) is 2.52. The first-order valence-corrected chi connectivity index (χ1v) is 9.90. The van der Waals surface area contributed by atoms with Gasteiger partial charge in [-0.1, -0.05) is 71.4 Å². The topological polar surface area (TPSA) is 12.5 Å². The van der Waals surface area contributed by atoms with Crippen LogP contribution in [-0.4, -0.2) is 31.2 Å². The van der Waals surface area contributed by atoms with Gasteiger partial charge in [0.2, 0.25) is 0 Å². The number of rotatable bonds is 3. The summed E-state index contributed by atoms with van der Waals surface area (Å²) in [6.45, 7) is 5.97. The maximum Gasteiger partial charge on any atom is 0.0642 e. The van der Waals surface area contributed by atoms with Gasteiger partial charge in [0, 0.05) is 29.2 Å². The molecule has 0 saturated carbocycles. The lowest BCUT2D eigenvalue weighted by Gasteiger charge is -2.39. The summed E-state index contributed by atoms with van der Waals surface area (Å²) >= 11 is 3.72. The van der Waals surface area contributed by atoms with Crippen LogP contribution in [0.2, 0.25) is 0 Å². The summed E-state index contributed by atoms with van der Waals surface area (Å²) in [5, 5.41) is 2.71. The van der Waals surface area contributed by atoms with E-state index in [0.29, 0.717) is 11.8 Å². The predicted octanol–water partition coefficient (Wildman–Crippen LogP) is 5.14. The second-order valence-corrected chi connectivity index (χ2v) is 7.94. The van der Waals surface area contributed by atoms with Gasteiger partial charge in [0.1, 0.15) is 0 Å². The van der Waals surface area contributed by atoms with Crippen LogP contribution in [0.4, 0.5) is 0 Å². The van der Waals surface area contributed by atoms with Crippen LogP contribution in [-0.2, 0) is 11.2 Å². The van der Waals surface area contributed by atoms with Crippen molar-refractivity contribution >= 4 is 26.7 Å². The van der Waals surface area contributed by atoms with Gasteiger partial charge in [-0.3, -0.25) is 0 Å². The highest BCUT2D eigenvalue weighted by molar-refractivity contribution is 9.11. The van der Waals surface area contributed by atoms with Crippen molar-refractivity contribution in [2.24, 2.45) is 11.8 Å². The third kappa shape index (κ3) is 3.54. The second-order valence-electron chi connectivity index (χ2n) is 7.03. The highest BCUT2D eigenvalue weighted by Crippen LogP contribution is 2.37. The summed E-state index contributed by atoms with van der Waals surface area (Å²) in [5.41, 5.74) is 2.90. The molecule has 2 aliphatic rings. The van der Waals surface area contributed by atoms with Gasteiger partial charge in [0.05, 0.1) is 13.2 Å². The first-order chi connectivity index (χ1) is 12.2. The zero-order valence-electron chi connectivity index (χ0n) is 14.6. The molecule has 0 amide bonds. The van der Waals surface area contributed by atoms with E-state index in [2.05, 4.69) is 82.4 Å². The van der Waals surface area contributed by atoms with Crippen molar-refractivity contribution in [1.29, 1.82) is 0 Å². The van der Waals surface area contributed by atoms with Crippen molar-refractivity contribution < 1.29 is 4.74 Å². The molecule has 2 nitrogen and oxygen atoms in total. The lowest BCUT2D eigenvalue weighted by Crippen LogP contribution is -2.40. The highest BCUT2D eigenvalue weighted by Gasteiger charge is 2.29. The fraction of sp³-hybridized carbons (Fsp3) is 0.364. The number of ether oxygens (including phenoxy) is 1. The number of hydrogen-bond acceptors (Lipinski definition) is 2. The van der Waals surface area contributed by atoms with Gasteiger partial charge in [-0.25, -0.2) is 0 Å². The van der Waals surface area contributed by atoms with Crippen LogP contribution in [0.5, 0.6) is 0 Å². The van der Waals surface area contributed by atoms with Gasteiger partial charge >= 0.3 is 0 Å². The SMILES string of the molecule is CC1C=C(Br)C=C(N2CCOCC2)C1Cc1cccc2ccccc12. The maximum absolute atomic E-state index is 5.56. The van der Waals surface area contributed by atoms with Gasteiger partial charge in [-0.15, -0.1) is 0 Å². The Hall–Kier alpha value is -1.58. The molecule has 2 aromatic rings. The van der Waals surface area contributed by atoms with Gasteiger partial charge in [0.15, 0.2) is 0 Å². The Labute approximate surface area is 158 Å². The molecule has 130 valence electrons. The molecule has 0 bridgehead atoms. The van der Waals surface area contributed by atoms with Crippen LogP contribution >= 0.6 is 15.9 Å². The van der Waals surface area contributed by atoms with Crippen LogP contribution in [0.25, 0.3) is 10.8 Å². The normalized spacial score (nSPS) is 24.2. The largest absolute Gasteiger partial charge is 0.378 e. The standard InChI is InChI=1S/C22H24BrNO/c1-16-13-19(23)15-22(24-9-11-25-12-10-24)21(16)14-18-7-4-6-17-5-2-3-8-20(17)18/h2-8,13,15-16,21H,9-12,14H2,1H3. The lowest BCUT2D eigenvalue weighted by atomic mass is 9.81. The van der Waals surface area contributed by atoms with E-state index < -0.39 is 0 Å². The number of fused-ring (bicyclic) bond motifs is 1. The summed E-state index contributed by atoms with van der Waals surface area (Å²) < 4.78 is 6.76. The minimum Gasteiger partial charge on any atom is -0.378 e. The predicted molar refractivity (Wildman–Crippen MR) is 108 cm³/mol. The van der Waals surface area contributed by atoms with Crippen LogP contribution in [0.15, 0.2) is 64.8 Å². The Morgan fingerprint density at radius 3 is 2.68 bits per heavy atom. The molecular weight excluding hydrogens is 374 g/mol. The Morgan fingerprint density at radius 2 is 1.84 bits per heavy atom. The Balaban J connectivity index is 1.68. The van der Waals surface area contributed by atoms with E-state index in [9.17, 15) is 0 Å². The highest BCUT2D eigenvalue weighted by atomic mass is 79.9. The molecule has 25 heavy (non-hydrogen) atoms. The monoisotopic (exact) mass is 397 g/mol. The van der Waals surface area contributed by atoms with E-state index in [1.54, 1.807) is 0 Å². The van der Waals surface area contributed by atoms with Crippen molar-refractivity contribution in [1.82, 2.24) is 4.90 Å². The zero-order valence-corrected chi connectivity index (χ0v) is 16.2. The van der Waals surface area contributed by atoms with Crippen LogP contribution in [0.1, 0.15) is 12.5 Å². The molecule has 2 unspecified atom stereocenters. The van der Waals surface area contributed by atoms with Crippen molar-refractivity contribution in [2.45, 2.75) is 13.3 Å². The second kappa shape index (κ2) is 7.35. The van der Waals surface area contributed by atoms with E-state index in [1.165, 1.54) is 26.5 Å². The first kappa shape index (κ1) is 16.9. The number of benzene rings is 2. The van der Waals surface area contributed by atoms with E-state index in [-0.39, 0.29) is 0 Å². The molecule has 2 atom stereocenters. The molecule has 2 aromatic carbocycles. The molecule has 0 N–H and O–H groups in total. The third-order valence-electron chi connectivity index (χ3n) is 5.42. The Morgan fingerprint density at radius 1 is 1.08 bits per heavy atom. The van der Waals surface area contributed by atoms with Gasteiger partial charge < -0.3 is 9.64 Å². The van der Waals surface area contributed by atoms with Crippen molar-refractivity contribution in [3.05, 3.63) is 70.4 Å². The Bertz CT molecular complexity index is 814. The van der Waals surface area contributed by atoms with Gasteiger partial charge in [-0.2, -0.15) is 0 Å². The molecule has 0 radical (unpaired) electrons. The third-order valence-corrected chi connectivity index (χ3v) is 5.91. The fourth-order valence-electron chi connectivity index (χ4n) is 4.08. The maximum atomic E-state index is 5.56. The quantitative estimate of drug-likeness (QED) is 0.710. The number of allylic oxidation sites excluding steroid dienone is 4. The summed E-state index contributed by atoms with van der Waals surface area (Å²) in [6, 6.07) is 15.4. The summed E-state index contributed by atoms with van der Waals surface area (Å²) in [5.74, 6) is 1.02. The Kier molecular flexibility index (Phi) is 4.96. The number of halogens is 1. The molecular formula is C22H24BrNO. The first-order valence-electron chi connectivity index (χ1n) is 9.10. The molecule has 1 heterocycles. The van der Waals surface area contributed by atoms with Gasteiger partial charge in [-0.05, 0) is 34.8 Å². The van der Waals surface area contributed by atoms with Crippen molar-refractivity contribution in [3.8, 4) is 0 Å². The minimum absolute atomic E-state index is 0.505. The molecule has 3 heteroatoms. The molecule has 1 aliphatic carbocycles. The minimum atomic E-state index is 0.505. The number of hydrogen-bond donors (Lipinski definition) is 0. The summed E-state index contributed by atoms with van der Waals surface area (Å²) in [7, 11) is 0. The number of morpholine rings is 1. The van der Waals surface area contributed by atoms with Gasteiger partial charge in [0.25, 0.3) is 0 Å². The molecule has 4 rings (SSSR count). The van der Waals surface area contributed by atoms with Crippen LogP contribution in [0.3, 0.4) is 0 Å². The summed E-state index contributed by atoms with van der Waals surface area (Å²) in [6.07, 6.45) is 5.74. The average molecular weight is 398 g/mol. The molecule has 1 saturated heterocycles. The molecule has 0 aromatic heterocycles. The molecule has 1 aliphatic heterocycles. The van der Waals surface area contributed by atoms with Crippen molar-refractivity contribution in [2.75, 3.05) is 26.3 Å².